The minimum Gasteiger partial charge on any atom is -0.360 e. The minimum absolute atomic E-state index is 0.0390. The maximum Gasteiger partial charge on any atom is 0.287 e. The normalized spacial score (nSPS) is 12.1. The van der Waals surface area contributed by atoms with Crippen LogP contribution < -0.4 is 5.32 Å². The number of nitrogens with one attached hydrogen (secondary N) is 2. The van der Waals surface area contributed by atoms with E-state index in [9.17, 15) is 10.1 Å². The van der Waals surface area contributed by atoms with Gasteiger partial charge in [0.1, 0.15) is 24.2 Å². The van der Waals surface area contributed by atoms with Crippen molar-refractivity contribution in [3.05, 3.63) is 40.6 Å². The first kappa shape index (κ1) is 11.0. The number of aromatic amines is 1. The van der Waals surface area contributed by atoms with E-state index in [-0.39, 0.29) is 11.7 Å². The molecule has 0 aliphatic heterocycles. The highest BCUT2D eigenvalue weighted by Gasteiger charge is 2.10. The lowest BCUT2D eigenvalue weighted by atomic mass is 10.3. The van der Waals surface area contributed by atoms with Gasteiger partial charge in [-0.3, -0.25) is 15.2 Å². The number of nitro groups is 1. The van der Waals surface area contributed by atoms with Crippen LogP contribution in [0.2, 0.25) is 0 Å². The Bertz CT molecular complexity index is 495. The highest BCUT2D eigenvalue weighted by molar-refractivity contribution is 5.41. The Balaban J connectivity index is 2.06. The molecule has 0 radical (unpaired) electrons. The van der Waals surface area contributed by atoms with Crippen molar-refractivity contribution in [1.29, 1.82) is 0 Å². The van der Waals surface area contributed by atoms with E-state index in [0.29, 0.717) is 11.6 Å². The second-order valence-electron chi connectivity index (χ2n) is 3.40. The Morgan fingerprint density at radius 2 is 2.29 bits per heavy atom. The average molecular weight is 234 g/mol. The quantitative estimate of drug-likeness (QED) is 0.609. The fourth-order valence-corrected chi connectivity index (χ4v) is 1.29. The van der Waals surface area contributed by atoms with E-state index in [1.807, 2.05) is 6.92 Å². The van der Waals surface area contributed by atoms with Crippen molar-refractivity contribution in [2.75, 3.05) is 5.32 Å². The van der Waals surface area contributed by atoms with E-state index in [1.165, 1.54) is 18.6 Å². The lowest BCUT2D eigenvalue weighted by molar-refractivity contribution is -0.385. The molecule has 0 amide bonds. The lowest BCUT2D eigenvalue weighted by Crippen LogP contribution is -2.09. The zero-order valence-electron chi connectivity index (χ0n) is 8.99. The van der Waals surface area contributed by atoms with Crippen LogP contribution in [0.5, 0.6) is 0 Å². The van der Waals surface area contributed by atoms with Gasteiger partial charge in [0, 0.05) is 6.07 Å². The molecule has 0 saturated heterocycles. The predicted octanol–water partition coefficient (Wildman–Crippen LogP) is 1.28. The maximum atomic E-state index is 10.4. The first-order chi connectivity index (χ1) is 8.16. The molecule has 2 rings (SSSR count). The van der Waals surface area contributed by atoms with Crippen LogP contribution in [0.1, 0.15) is 18.8 Å². The summed E-state index contributed by atoms with van der Waals surface area (Å²) in [5.41, 5.74) is -0.0390. The zero-order chi connectivity index (χ0) is 12.3. The largest absolute Gasteiger partial charge is 0.360 e. The van der Waals surface area contributed by atoms with Crippen LogP contribution in [0, 0.1) is 10.1 Å². The Morgan fingerprint density at radius 3 is 2.82 bits per heavy atom. The molecule has 2 heterocycles. The predicted molar refractivity (Wildman–Crippen MR) is 59.3 cm³/mol. The van der Waals surface area contributed by atoms with Crippen molar-refractivity contribution in [3.8, 4) is 0 Å². The number of anilines is 1. The van der Waals surface area contributed by atoms with Crippen LogP contribution >= 0.6 is 0 Å². The molecule has 1 atom stereocenters. The van der Waals surface area contributed by atoms with E-state index in [1.54, 1.807) is 6.07 Å². The summed E-state index contributed by atoms with van der Waals surface area (Å²) in [7, 11) is 0. The van der Waals surface area contributed by atoms with E-state index in [0.717, 1.165) is 0 Å². The topological polar surface area (TPSA) is 110 Å². The molecule has 0 saturated carbocycles. The Labute approximate surface area is 96.3 Å². The molecule has 2 aromatic rings. The van der Waals surface area contributed by atoms with Crippen LogP contribution in [0.4, 0.5) is 11.5 Å². The molecular weight excluding hydrogens is 224 g/mol. The average Bonchev–Trinajstić information content (AvgIpc) is 2.83. The lowest BCUT2D eigenvalue weighted by Gasteiger charge is -2.10. The molecule has 0 aromatic carbocycles. The Hall–Kier alpha value is -2.51. The van der Waals surface area contributed by atoms with Gasteiger partial charge in [0.15, 0.2) is 0 Å². The number of hydrogen-bond acceptors (Lipinski definition) is 6. The molecule has 88 valence electrons. The van der Waals surface area contributed by atoms with Crippen molar-refractivity contribution in [2.45, 2.75) is 13.0 Å². The van der Waals surface area contributed by atoms with Gasteiger partial charge in [-0.1, -0.05) is 0 Å². The van der Waals surface area contributed by atoms with Gasteiger partial charge in [0.2, 0.25) is 0 Å². The summed E-state index contributed by atoms with van der Waals surface area (Å²) in [6.45, 7) is 1.88. The molecule has 1 unspecified atom stereocenters. The van der Waals surface area contributed by atoms with E-state index >= 15 is 0 Å². The summed E-state index contributed by atoms with van der Waals surface area (Å²) in [5.74, 6) is 1.21. The molecule has 2 aromatic heterocycles. The first-order valence-corrected chi connectivity index (χ1v) is 4.89. The second-order valence-corrected chi connectivity index (χ2v) is 3.40. The third kappa shape index (κ3) is 2.54. The van der Waals surface area contributed by atoms with Crippen molar-refractivity contribution in [2.24, 2.45) is 0 Å². The summed E-state index contributed by atoms with van der Waals surface area (Å²) in [5, 5.41) is 19.9. The van der Waals surface area contributed by atoms with Gasteiger partial charge in [0.05, 0.1) is 11.0 Å². The Morgan fingerprint density at radius 1 is 1.47 bits per heavy atom. The van der Waals surface area contributed by atoms with Gasteiger partial charge in [-0.2, -0.15) is 5.10 Å². The standard InChI is InChI=1S/C9H10N6O2/c1-6(9-11-5-12-14-9)13-8-3-2-7(4-10-8)15(16)17/h2-6H,1H3,(H,10,13)(H,11,12,14). The smallest absolute Gasteiger partial charge is 0.287 e. The van der Waals surface area contributed by atoms with Crippen LogP contribution in [0.25, 0.3) is 0 Å². The third-order valence-corrected chi connectivity index (χ3v) is 2.17. The minimum atomic E-state index is -0.489. The molecule has 0 spiro atoms. The summed E-state index contributed by atoms with van der Waals surface area (Å²) >= 11 is 0. The highest BCUT2D eigenvalue weighted by atomic mass is 16.6. The van der Waals surface area contributed by atoms with Crippen LogP contribution in [-0.4, -0.2) is 25.1 Å². The number of aromatic nitrogens is 4. The van der Waals surface area contributed by atoms with Crippen molar-refractivity contribution in [3.63, 3.8) is 0 Å². The number of nitrogens with zero attached hydrogens (tertiary/aromatic N) is 4. The van der Waals surface area contributed by atoms with Gasteiger partial charge in [-0.15, -0.1) is 0 Å². The highest BCUT2D eigenvalue weighted by Crippen LogP contribution is 2.16. The molecule has 0 fully saturated rings. The molecule has 0 aliphatic rings. The molecule has 0 bridgehead atoms. The van der Waals surface area contributed by atoms with Crippen molar-refractivity contribution < 1.29 is 4.92 Å². The molecular formula is C9H10N6O2. The number of H-pyrrole nitrogens is 1. The molecule has 8 heteroatoms. The monoisotopic (exact) mass is 234 g/mol. The van der Waals surface area contributed by atoms with Crippen molar-refractivity contribution in [1.82, 2.24) is 20.2 Å². The fraction of sp³-hybridized carbons (Fsp3) is 0.222. The number of rotatable bonds is 4. The van der Waals surface area contributed by atoms with E-state index in [2.05, 4.69) is 25.5 Å². The summed E-state index contributed by atoms with van der Waals surface area (Å²) in [6, 6.07) is 2.83. The molecule has 8 nitrogen and oxygen atoms in total. The van der Waals surface area contributed by atoms with E-state index < -0.39 is 4.92 Å². The summed E-state index contributed by atoms with van der Waals surface area (Å²) in [4.78, 5) is 17.9. The first-order valence-electron chi connectivity index (χ1n) is 4.89. The summed E-state index contributed by atoms with van der Waals surface area (Å²) in [6.07, 6.45) is 2.62. The van der Waals surface area contributed by atoms with E-state index in [4.69, 9.17) is 0 Å². The SMILES string of the molecule is CC(Nc1ccc([N+](=O)[O-])cn1)c1ncn[nH]1. The Kier molecular flexibility index (Phi) is 2.95. The van der Waals surface area contributed by atoms with Crippen LogP contribution in [-0.2, 0) is 0 Å². The number of hydrogen-bond donors (Lipinski definition) is 2. The molecule has 17 heavy (non-hydrogen) atoms. The maximum absolute atomic E-state index is 10.4. The van der Waals surface area contributed by atoms with Gasteiger partial charge in [-0.25, -0.2) is 9.97 Å². The second kappa shape index (κ2) is 4.56. The van der Waals surface area contributed by atoms with Crippen molar-refractivity contribution >= 4 is 11.5 Å². The molecule has 2 N–H and O–H groups in total. The third-order valence-electron chi connectivity index (χ3n) is 2.17. The van der Waals surface area contributed by atoms with Gasteiger partial charge < -0.3 is 5.32 Å². The van der Waals surface area contributed by atoms with Gasteiger partial charge >= 0.3 is 0 Å². The van der Waals surface area contributed by atoms with Crippen LogP contribution in [0.3, 0.4) is 0 Å². The summed E-state index contributed by atoms with van der Waals surface area (Å²) < 4.78 is 0. The molecule has 0 aliphatic carbocycles. The number of pyridine rings is 1. The zero-order valence-corrected chi connectivity index (χ0v) is 8.99. The van der Waals surface area contributed by atoms with Gasteiger partial charge in [0.25, 0.3) is 5.69 Å². The van der Waals surface area contributed by atoms with Gasteiger partial charge in [-0.05, 0) is 13.0 Å². The van der Waals surface area contributed by atoms with Crippen LogP contribution in [0.15, 0.2) is 24.7 Å². The fourth-order valence-electron chi connectivity index (χ4n) is 1.29.